The smallest absolute Gasteiger partial charge is 0.194 e. The van der Waals surface area contributed by atoms with E-state index in [1.54, 1.807) is 7.11 Å². The molecule has 2 unspecified atom stereocenters. The first-order valence-electron chi connectivity index (χ1n) is 9.96. The van der Waals surface area contributed by atoms with E-state index < -0.39 is 6.10 Å². The Morgan fingerprint density at radius 3 is 2.61 bits per heavy atom. The van der Waals surface area contributed by atoms with Crippen LogP contribution in [0.1, 0.15) is 38.7 Å². The molecule has 1 heterocycles. The summed E-state index contributed by atoms with van der Waals surface area (Å²) < 4.78 is 10.7. The van der Waals surface area contributed by atoms with Crippen molar-refractivity contribution in [2.75, 3.05) is 46.5 Å². The molecule has 0 saturated carbocycles. The van der Waals surface area contributed by atoms with Crippen LogP contribution >= 0.6 is 24.0 Å². The van der Waals surface area contributed by atoms with Gasteiger partial charge in [0.05, 0.1) is 26.4 Å². The van der Waals surface area contributed by atoms with Crippen LogP contribution in [0.25, 0.3) is 0 Å². The second kappa shape index (κ2) is 13.2. The fourth-order valence-electron chi connectivity index (χ4n) is 3.21. The standard InChI is InChI=1S/C21H35N3O3.HI/c1-5-22-21(23-12-19(25)15-27-14-16(2)3)24-11-10-18(13-24)17-6-8-20(26-4)9-7-17;/h6-9,16,18-19,25H,5,10-15H2,1-4H3,(H,22,23);1H. The van der Waals surface area contributed by atoms with Crippen LogP contribution < -0.4 is 10.1 Å². The minimum atomic E-state index is -0.572. The van der Waals surface area contributed by atoms with E-state index in [1.807, 2.05) is 12.1 Å². The Kier molecular flexibility index (Phi) is 11.8. The van der Waals surface area contributed by atoms with Crippen molar-refractivity contribution in [3.05, 3.63) is 29.8 Å². The maximum Gasteiger partial charge on any atom is 0.194 e. The van der Waals surface area contributed by atoms with Gasteiger partial charge in [-0.05, 0) is 37.0 Å². The van der Waals surface area contributed by atoms with Crippen molar-refractivity contribution in [1.82, 2.24) is 10.2 Å². The lowest BCUT2D eigenvalue weighted by Crippen LogP contribution is -2.40. The summed E-state index contributed by atoms with van der Waals surface area (Å²) in [5.41, 5.74) is 1.33. The molecule has 1 aromatic rings. The Balaban J connectivity index is 0.00000392. The molecule has 0 aromatic heterocycles. The van der Waals surface area contributed by atoms with Gasteiger partial charge in [0.25, 0.3) is 0 Å². The number of rotatable bonds is 9. The summed E-state index contributed by atoms with van der Waals surface area (Å²) in [5.74, 6) is 2.71. The van der Waals surface area contributed by atoms with Gasteiger partial charge in [-0.25, -0.2) is 0 Å². The highest BCUT2D eigenvalue weighted by Crippen LogP contribution is 2.28. The number of benzene rings is 1. The number of hydrogen-bond acceptors (Lipinski definition) is 4. The second-order valence-corrected chi connectivity index (χ2v) is 7.48. The largest absolute Gasteiger partial charge is 0.497 e. The normalized spacial score (nSPS) is 18.1. The summed E-state index contributed by atoms with van der Waals surface area (Å²) in [6.07, 6.45) is 0.522. The van der Waals surface area contributed by atoms with Crippen LogP contribution in [0.15, 0.2) is 29.3 Å². The highest BCUT2D eigenvalue weighted by Gasteiger charge is 2.26. The SMILES string of the molecule is CCNC(=NCC(O)COCC(C)C)N1CCC(c2ccc(OC)cc2)C1.I. The van der Waals surface area contributed by atoms with Crippen LogP contribution in [-0.2, 0) is 4.74 Å². The summed E-state index contributed by atoms with van der Waals surface area (Å²) in [7, 11) is 1.69. The van der Waals surface area contributed by atoms with Crippen LogP contribution in [0.4, 0.5) is 0 Å². The summed E-state index contributed by atoms with van der Waals surface area (Å²) in [4.78, 5) is 6.91. The maximum absolute atomic E-state index is 10.1. The lowest BCUT2D eigenvalue weighted by Gasteiger charge is -2.22. The van der Waals surface area contributed by atoms with Crippen molar-refractivity contribution in [1.29, 1.82) is 0 Å². The van der Waals surface area contributed by atoms with Gasteiger partial charge in [-0.15, -0.1) is 24.0 Å². The average molecular weight is 505 g/mol. The number of nitrogens with zero attached hydrogens (tertiary/aromatic N) is 2. The first-order chi connectivity index (χ1) is 13.0. The third-order valence-corrected chi connectivity index (χ3v) is 4.62. The van der Waals surface area contributed by atoms with E-state index >= 15 is 0 Å². The molecule has 2 atom stereocenters. The third-order valence-electron chi connectivity index (χ3n) is 4.62. The number of guanidine groups is 1. The molecular formula is C21H36IN3O3. The molecule has 2 rings (SSSR count). The van der Waals surface area contributed by atoms with Gasteiger partial charge in [-0.2, -0.15) is 0 Å². The van der Waals surface area contributed by atoms with Crippen molar-refractivity contribution in [2.45, 2.75) is 39.2 Å². The van der Waals surface area contributed by atoms with Gasteiger partial charge < -0.3 is 24.8 Å². The molecule has 28 heavy (non-hydrogen) atoms. The number of nitrogens with one attached hydrogen (secondary N) is 1. The number of methoxy groups -OCH3 is 1. The van der Waals surface area contributed by atoms with Crippen LogP contribution in [0, 0.1) is 5.92 Å². The fraction of sp³-hybridized carbons (Fsp3) is 0.667. The summed E-state index contributed by atoms with van der Waals surface area (Å²) >= 11 is 0. The predicted octanol–water partition coefficient (Wildman–Crippen LogP) is 3.10. The van der Waals surface area contributed by atoms with Gasteiger partial charge in [-0.3, -0.25) is 4.99 Å². The average Bonchev–Trinajstić information content (AvgIpc) is 3.15. The molecule has 1 aliphatic rings. The first kappa shape index (κ1) is 25.0. The van der Waals surface area contributed by atoms with Gasteiger partial charge in [0.15, 0.2) is 5.96 Å². The Morgan fingerprint density at radius 1 is 1.29 bits per heavy atom. The van der Waals surface area contributed by atoms with Crippen LogP contribution in [0.5, 0.6) is 5.75 Å². The lowest BCUT2D eigenvalue weighted by atomic mass is 9.98. The van der Waals surface area contributed by atoms with Gasteiger partial charge in [-0.1, -0.05) is 26.0 Å². The molecule has 0 amide bonds. The van der Waals surface area contributed by atoms with E-state index in [2.05, 4.69) is 48.1 Å². The molecule has 0 aliphatic carbocycles. The van der Waals surface area contributed by atoms with E-state index in [4.69, 9.17) is 9.47 Å². The van der Waals surface area contributed by atoms with Crippen molar-refractivity contribution >= 4 is 29.9 Å². The van der Waals surface area contributed by atoms with Gasteiger partial charge >= 0.3 is 0 Å². The zero-order valence-electron chi connectivity index (χ0n) is 17.6. The van der Waals surface area contributed by atoms with Gasteiger partial charge in [0, 0.05) is 32.2 Å². The number of aliphatic hydroxyl groups excluding tert-OH is 1. The molecule has 7 heteroatoms. The zero-order valence-corrected chi connectivity index (χ0v) is 19.9. The highest BCUT2D eigenvalue weighted by atomic mass is 127. The van der Waals surface area contributed by atoms with Gasteiger partial charge in [0.1, 0.15) is 5.75 Å². The highest BCUT2D eigenvalue weighted by molar-refractivity contribution is 14.0. The molecular weight excluding hydrogens is 469 g/mol. The summed E-state index contributed by atoms with van der Waals surface area (Å²) in [6.45, 7) is 10.3. The molecule has 1 aliphatic heterocycles. The van der Waals surface area contributed by atoms with Crippen LogP contribution in [-0.4, -0.2) is 68.6 Å². The molecule has 0 spiro atoms. The quantitative estimate of drug-likeness (QED) is 0.307. The molecule has 0 bridgehead atoms. The lowest BCUT2D eigenvalue weighted by molar-refractivity contribution is 0.0300. The monoisotopic (exact) mass is 505 g/mol. The minimum absolute atomic E-state index is 0. The zero-order chi connectivity index (χ0) is 19.6. The maximum atomic E-state index is 10.1. The van der Waals surface area contributed by atoms with Gasteiger partial charge in [0.2, 0.25) is 0 Å². The second-order valence-electron chi connectivity index (χ2n) is 7.48. The summed E-state index contributed by atoms with van der Waals surface area (Å²) in [6, 6.07) is 8.33. The number of hydrogen-bond donors (Lipinski definition) is 2. The Morgan fingerprint density at radius 2 is 2.00 bits per heavy atom. The fourth-order valence-corrected chi connectivity index (χ4v) is 3.21. The predicted molar refractivity (Wildman–Crippen MR) is 125 cm³/mol. The van der Waals surface area contributed by atoms with E-state index in [9.17, 15) is 5.11 Å². The molecule has 1 fully saturated rings. The minimum Gasteiger partial charge on any atom is -0.497 e. The van der Waals surface area contributed by atoms with Crippen molar-refractivity contribution in [3.8, 4) is 5.75 Å². The van der Waals surface area contributed by atoms with Crippen LogP contribution in [0.3, 0.4) is 0 Å². The molecule has 2 N–H and O–H groups in total. The molecule has 6 nitrogen and oxygen atoms in total. The van der Waals surface area contributed by atoms with E-state index in [-0.39, 0.29) is 24.0 Å². The third kappa shape index (κ3) is 8.13. The van der Waals surface area contributed by atoms with E-state index in [0.29, 0.717) is 31.6 Å². The number of aliphatic hydroxyl groups is 1. The van der Waals surface area contributed by atoms with Crippen LogP contribution in [0.2, 0.25) is 0 Å². The number of halogens is 1. The number of ether oxygens (including phenoxy) is 2. The number of aliphatic imine (C=N–C) groups is 1. The van der Waals surface area contributed by atoms with E-state index in [0.717, 1.165) is 37.8 Å². The Labute approximate surface area is 186 Å². The topological polar surface area (TPSA) is 66.3 Å². The number of likely N-dealkylation sites (tertiary alicyclic amines) is 1. The van der Waals surface area contributed by atoms with Crippen molar-refractivity contribution < 1.29 is 14.6 Å². The summed E-state index contributed by atoms with van der Waals surface area (Å²) in [5, 5.41) is 13.5. The van der Waals surface area contributed by atoms with E-state index in [1.165, 1.54) is 5.56 Å². The Bertz CT molecular complexity index is 581. The van der Waals surface area contributed by atoms with Crippen molar-refractivity contribution in [2.24, 2.45) is 10.9 Å². The molecule has 0 radical (unpaired) electrons. The Hall–Kier alpha value is -1.06. The molecule has 1 saturated heterocycles. The molecule has 1 aromatic carbocycles. The molecule has 160 valence electrons. The van der Waals surface area contributed by atoms with Crippen molar-refractivity contribution in [3.63, 3.8) is 0 Å². The first-order valence-corrected chi connectivity index (χ1v) is 9.96.